The van der Waals surface area contributed by atoms with Crippen LogP contribution >= 0.6 is 11.8 Å². The number of aromatic nitrogens is 1. The van der Waals surface area contributed by atoms with Gasteiger partial charge in [0, 0.05) is 67.9 Å². The number of amides is 1. The van der Waals surface area contributed by atoms with Crippen LogP contribution in [-0.4, -0.2) is 101 Å². The Morgan fingerprint density at radius 3 is 2.68 bits per heavy atom. The summed E-state index contributed by atoms with van der Waals surface area (Å²) in [6, 6.07) is 6.36. The van der Waals surface area contributed by atoms with E-state index in [0.717, 1.165) is 67.1 Å². The number of carbonyl (C=O) groups is 2. The van der Waals surface area contributed by atoms with Gasteiger partial charge >= 0.3 is 0 Å². The van der Waals surface area contributed by atoms with Crippen molar-refractivity contribution < 1.29 is 14.3 Å². The van der Waals surface area contributed by atoms with Crippen LogP contribution in [0.15, 0.2) is 35.9 Å². The number of ether oxygens (including phenoxy) is 1. The first kappa shape index (κ1) is 28.0. The molecule has 41 heavy (non-hydrogen) atoms. The normalized spacial score (nSPS) is 25.8. The van der Waals surface area contributed by atoms with Gasteiger partial charge in [-0.3, -0.25) is 30.1 Å². The Kier molecular flexibility index (Phi) is 7.73. The molecular weight excluding hydrogens is 540 g/mol. The number of carbonyl (C=O) groups excluding carboxylic acids is 2. The van der Waals surface area contributed by atoms with Gasteiger partial charge in [-0.25, -0.2) is 0 Å². The molecule has 6 rings (SSSR count). The lowest BCUT2D eigenvalue weighted by Crippen LogP contribution is -2.76. The monoisotopic (exact) mass is 582 g/mol. The molecule has 1 aromatic carbocycles. The summed E-state index contributed by atoms with van der Waals surface area (Å²) < 4.78 is 7.45. The fraction of sp³-hybridized carbons (Fsp3) is 0.586. The number of rotatable bonds is 7. The van der Waals surface area contributed by atoms with Crippen LogP contribution in [0.1, 0.15) is 43.8 Å². The second-order valence-electron chi connectivity index (χ2n) is 11.6. The SMILES string of the molecule is CCC1CN(C)C2=C(N[C@@](N)(Nc3cc4ccn(C(=O)CN5CCSCC5)c4cc3OC)NC2=O)N1C1CCCC1. The average Bonchev–Trinajstić information content (AvgIpc) is 3.62. The first-order valence-electron chi connectivity index (χ1n) is 14.7. The van der Waals surface area contributed by atoms with Crippen LogP contribution in [0, 0.1) is 0 Å². The van der Waals surface area contributed by atoms with E-state index in [4.69, 9.17) is 10.5 Å². The largest absolute Gasteiger partial charge is 0.495 e. The number of anilines is 1. The molecular formula is C29H42N8O3S. The first-order valence-corrected chi connectivity index (χ1v) is 15.9. The van der Waals surface area contributed by atoms with Crippen molar-refractivity contribution in [2.24, 2.45) is 5.73 Å². The standard InChI is InChI=1S/C29H42N8O3S/c1-4-20-17-34(2)26-27(37(20)21-7-5-6-8-21)32-29(30,33-28(26)39)31-22-15-19-9-10-36(23(19)16-24(22)40-3)25(38)18-35-11-13-41-14-12-35/h9-10,15-16,20-21,31-32H,4-8,11-14,17-18,30H2,1-3H3,(H,33,39)/t20?,29-/m1/s1. The fourth-order valence-corrected chi connectivity index (χ4v) is 7.76. The van der Waals surface area contributed by atoms with Gasteiger partial charge in [0.25, 0.3) is 5.91 Å². The summed E-state index contributed by atoms with van der Waals surface area (Å²) in [6.45, 7) is 5.23. The Morgan fingerprint density at radius 1 is 1.22 bits per heavy atom. The maximum absolute atomic E-state index is 13.5. The lowest BCUT2D eigenvalue weighted by atomic mass is 10.0. The maximum atomic E-state index is 13.5. The minimum atomic E-state index is -1.45. The van der Waals surface area contributed by atoms with E-state index < -0.39 is 5.91 Å². The maximum Gasteiger partial charge on any atom is 0.275 e. The van der Waals surface area contributed by atoms with Crippen molar-refractivity contribution in [3.8, 4) is 5.75 Å². The van der Waals surface area contributed by atoms with Gasteiger partial charge in [0.2, 0.25) is 11.8 Å². The third-order valence-electron chi connectivity index (χ3n) is 8.85. The van der Waals surface area contributed by atoms with Crippen molar-refractivity contribution in [1.29, 1.82) is 0 Å². The van der Waals surface area contributed by atoms with Gasteiger partial charge in [-0.1, -0.05) is 19.8 Å². The van der Waals surface area contributed by atoms with Crippen molar-refractivity contribution in [2.75, 3.05) is 57.2 Å². The summed E-state index contributed by atoms with van der Waals surface area (Å²) >= 11 is 1.93. The molecule has 1 amide bonds. The smallest absolute Gasteiger partial charge is 0.275 e. The Hall–Kier alpha value is -3.09. The van der Waals surface area contributed by atoms with Gasteiger partial charge in [-0.15, -0.1) is 0 Å². The van der Waals surface area contributed by atoms with Crippen LogP contribution in [0.2, 0.25) is 0 Å². The molecule has 3 aliphatic heterocycles. The number of methoxy groups -OCH3 is 1. The highest BCUT2D eigenvalue weighted by Crippen LogP contribution is 2.36. The Labute approximate surface area is 245 Å². The van der Waals surface area contributed by atoms with Crippen LogP contribution in [0.5, 0.6) is 5.75 Å². The zero-order valence-electron chi connectivity index (χ0n) is 24.2. The van der Waals surface area contributed by atoms with E-state index in [0.29, 0.717) is 29.7 Å². The first-order chi connectivity index (χ1) is 19.8. The number of nitrogens with two attached hydrogens (primary N) is 1. The third-order valence-corrected chi connectivity index (χ3v) is 9.79. The molecule has 11 nitrogen and oxygen atoms in total. The van der Waals surface area contributed by atoms with Crippen molar-refractivity contribution in [3.05, 3.63) is 35.9 Å². The topological polar surface area (TPSA) is 120 Å². The number of thioether (sulfide) groups is 1. The zero-order chi connectivity index (χ0) is 28.7. The van der Waals surface area contributed by atoms with E-state index in [2.05, 4.69) is 32.7 Å². The molecule has 222 valence electrons. The molecule has 1 unspecified atom stereocenters. The number of nitrogens with one attached hydrogen (secondary N) is 3. The van der Waals surface area contributed by atoms with Gasteiger partial charge in [0.15, 0.2) is 0 Å². The molecule has 1 saturated carbocycles. The van der Waals surface area contributed by atoms with E-state index in [-0.39, 0.29) is 17.9 Å². The van der Waals surface area contributed by atoms with Crippen LogP contribution in [0.25, 0.3) is 10.9 Å². The number of hydrogen-bond acceptors (Lipinski definition) is 10. The molecule has 4 aliphatic rings. The van der Waals surface area contributed by atoms with Crippen molar-refractivity contribution in [2.45, 2.75) is 57.0 Å². The van der Waals surface area contributed by atoms with E-state index in [1.807, 2.05) is 48.1 Å². The molecule has 1 aliphatic carbocycles. The number of fused-ring (bicyclic) bond motifs is 1. The Morgan fingerprint density at radius 2 is 1.98 bits per heavy atom. The van der Waals surface area contributed by atoms with Crippen molar-refractivity contribution in [1.82, 2.24) is 29.9 Å². The molecule has 1 aromatic heterocycles. The number of hydrogen-bond donors (Lipinski definition) is 4. The number of nitrogens with zero attached hydrogens (tertiary/aromatic N) is 4. The molecule has 1 saturated heterocycles. The lowest BCUT2D eigenvalue weighted by Gasteiger charge is -2.52. The summed E-state index contributed by atoms with van der Waals surface area (Å²) in [6.07, 6.45) is 7.41. The van der Waals surface area contributed by atoms with Gasteiger partial charge in [-0.05, 0) is 31.4 Å². The second kappa shape index (κ2) is 11.3. The van der Waals surface area contributed by atoms with Gasteiger partial charge in [0.1, 0.15) is 17.3 Å². The molecule has 5 N–H and O–H groups in total. The summed E-state index contributed by atoms with van der Waals surface area (Å²) in [7, 11) is 3.56. The van der Waals surface area contributed by atoms with Crippen molar-refractivity contribution in [3.63, 3.8) is 0 Å². The predicted molar refractivity (Wildman–Crippen MR) is 163 cm³/mol. The van der Waals surface area contributed by atoms with Crippen molar-refractivity contribution >= 4 is 40.2 Å². The molecule has 2 fully saturated rings. The molecule has 2 aromatic rings. The second-order valence-corrected chi connectivity index (χ2v) is 12.8. The Balaban J connectivity index is 1.28. The highest BCUT2D eigenvalue weighted by Gasteiger charge is 2.46. The van der Waals surface area contributed by atoms with Gasteiger partial charge in [0.05, 0.1) is 24.9 Å². The number of benzene rings is 1. The quantitative estimate of drug-likeness (QED) is 0.362. The summed E-state index contributed by atoms with van der Waals surface area (Å²) in [5, 5.41) is 10.6. The minimum absolute atomic E-state index is 0.0320. The van der Waals surface area contributed by atoms with Crippen LogP contribution in [0.4, 0.5) is 5.69 Å². The van der Waals surface area contributed by atoms with Crippen LogP contribution in [-0.2, 0) is 4.79 Å². The summed E-state index contributed by atoms with van der Waals surface area (Å²) in [4.78, 5) is 33.4. The zero-order valence-corrected chi connectivity index (χ0v) is 25.1. The summed E-state index contributed by atoms with van der Waals surface area (Å²) in [5.41, 5.74) is 8.85. The lowest BCUT2D eigenvalue weighted by molar-refractivity contribution is -0.123. The Bertz CT molecular complexity index is 1350. The molecule has 12 heteroatoms. The van der Waals surface area contributed by atoms with E-state index in [9.17, 15) is 9.59 Å². The third kappa shape index (κ3) is 5.32. The molecule has 2 atom stereocenters. The van der Waals surface area contributed by atoms with E-state index in [1.54, 1.807) is 11.7 Å². The van der Waals surface area contributed by atoms with Crippen LogP contribution < -0.4 is 26.4 Å². The summed E-state index contributed by atoms with van der Waals surface area (Å²) in [5.74, 6) is 1.78. The van der Waals surface area contributed by atoms with E-state index in [1.165, 1.54) is 12.8 Å². The average molecular weight is 583 g/mol. The molecule has 0 spiro atoms. The van der Waals surface area contributed by atoms with Gasteiger partial charge < -0.3 is 25.2 Å². The highest BCUT2D eigenvalue weighted by atomic mass is 32.2. The van der Waals surface area contributed by atoms with E-state index >= 15 is 0 Å². The predicted octanol–water partition coefficient (Wildman–Crippen LogP) is 2.18. The number of likely N-dealkylation sites (N-methyl/N-ethyl adjacent to an activating group) is 1. The van der Waals surface area contributed by atoms with Crippen LogP contribution in [0.3, 0.4) is 0 Å². The molecule has 0 radical (unpaired) electrons. The highest BCUT2D eigenvalue weighted by molar-refractivity contribution is 7.99. The molecule has 0 bridgehead atoms. The van der Waals surface area contributed by atoms with Gasteiger partial charge in [-0.2, -0.15) is 11.8 Å². The minimum Gasteiger partial charge on any atom is -0.495 e. The molecule has 4 heterocycles. The fourth-order valence-electron chi connectivity index (χ4n) is 6.78.